The summed E-state index contributed by atoms with van der Waals surface area (Å²) in [5, 5.41) is 7.69. The molecule has 0 aliphatic heterocycles. The molecule has 0 spiro atoms. The lowest BCUT2D eigenvalue weighted by molar-refractivity contribution is 0.241. The van der Waals surface area contributed by atoms with Crippen LogP contribution in [0, 0.1) is 0 Å². The molecule has 5 heteroatoms. The third kappa shape index (κ3) is 4.09. The fourth-order valence-corrected chi connectivity index (χ4v) is 2.95. The highest BCUT2D eigenvalue weighted by Gasteiger charge is 2.05. The van der Waals surface area contributed by atoms with Gasteiger partial charge in [0.15, 0.2) is 0 Å². The number of para-hydroxylation sites is 1. The number of benzene rings is 2. The van der Waals surface area contributed by atoms with Crippen LogP contribution in [0.25, 0.3) is 10.9 Å². The molecule has 4 nitrogen and oxygen atoms in total. The van der Waals surface area contributed by atoms with Crippen LogP contribution < -0.4 is 10.6 Å². The fourth-order valence-electron chi connectivity index (χ4n) is 2.72. The standard InChI is InChI=1S/C19H20ClN3O/c20-17-7-3-1-5-14(17)9-11-21-19(24)22-12-10-15-13-23-18-8-4-2-6-16(15)18/h1-8,13,23H,9-12H2,(H2,21,22,24). The number of nitrogens with one attached hydrogen (secondary N) is 3. The van der Waals surface area contributed by atoms with Gasteiger partial charge in [0.1, 0.15) is 0 Å². The van der Waals surface area contributed by atoms with Gasteiger partial charge in [-0.2, -0.15) is 0 Å². The molecule has 1 aromatic heterocycles. The lowest BCUT2D eigenvalue weighted by atomic mass is 10.1. The monoisotopic (exact) mass is 341 g/mol. The van der Waals surface area contributed by atoms with Gasteiger partial charge in [-0.1, -0.05) is 48.0 Å². The van der Waals surface area contributed by atoms with Gasteiger partial charge in [0.25, 0.3) is 0 Å². The molecule has 24 heavy (non-hydrogen) atoms. The number of H-pyrrole nitrogens is 1. The van der Waals surface area contributed by atoms with E-state index in [0.717, 1.165) is 28.9 Å². The zero-order valence-corrected chi connectivity index (χ0v) is 14.1. The van der Waals surface area contributed by atoms with Crippen LogP contribution in [0.15, 0.2) is 54.7 Å². The van der Waals surface area contributed by atoms with Crippen LogP contribution in [0.1, 0.15) is 11.1 Å². The lowest BCUT2D eigenvalue weighted by Gasteiger charge is -2.08. The average Bonchev–Trinajstić information content (AvgIpc) is 3.00. The predicted octanol–water partition coefficient (Wildman–Crippen LogP) is 3.91. The maximum Gasteiger partial charge on any atom is 0.314 e. The van der Waals surface area contributed by atoms with Crippen LogP contribution in [0.4, 0.5) is 4.79 Å². The van der Waals surface area contributed by atoms with Crippen molar-refractivity contribution in [1.82, 2.24) is 15.6 Å². The van der Waals surface area contributed by atoms with Gasteiger partial charge >= 0.3 is 6.03 Å². The van der Waals surface area contributed by atoms with Crippen molar-refractivity contribution in [3.05, 3.63) is 70.9 Å². The summed E-state index contributed by atoms with van der Waals surface area (Å²) in [5.74, 6) is 0. The van der Waals surface area contributed by atoms with Gasteiger partial charge in [-0.05, 0) is 36.1 Å². The average molecular weight is 342 g/mol. The first-order chi connectivity index (χ1) is 11.7. The number of rotatable bonds is 6. The summed E-state index contributed by atoms with van der Waals surface area (Å²) in [4.78, 5) is 15.1. The molecule has 0 aliphatic carbocycles. The maximum absolute atomic E-state index is 11.8. The number of carbonyl (C=O) groups is 1. The maximum atomic E-state index is 11.8. The highest BCUT2D eigenvalue weighted by Crippen LogP contribution is 2.17. The molecule has 0 atom stereocenters. The molecule has 0 radical (unpaired) electrons. The van der Waals surface area contributed by atoms with E-state index in [1.807, 2.05) is 48.7 Å². The molecular weight excluding hydrogens is 322 g/mol. The van der Waals surface area contributed by atoms with Crippen molar-refractivity contribution >= 4 is 28.5 Å². The molecule has 0 bridgehead atoms. The Hall–Kier alpha value is -2.46. The number of hydrogen-bond acceptors (Lipinski definition) is 1. The molecular formula is C19H20ClN3O. The largest absolute Gasteiger partial charge is 0.361 e. The van der Waals surface area contributed by atoms with Crippen molar-refractivity contribution in [2.45, 2.75) is 12.8 Å². The Morgan fingerprint density at radius 1 is 0.917 bits per heavy atom. The van der Waals surface area contributed by atoms with Gasteiger partial charge in [0.2, 0.25) is 0 Å². The second kappa shape index (κ2) is 7.88. The molecule has 0 aliphatic rings. The quantitative estimate of drug-likeness (QED) is 0.625. The summed E-state index contributed by atoms with van der Waals surface area (Å²) in [7, 11) is 0. The number of urea groups is 1. The first kappa shape index (κ1) is 16.4. The Morgan fingerprint density at radius 2 is 1.58 bits per heavy atom. The smallest absolute Gasteiger partial charge is 0.314 e. The van der Waals surface area contributed by atoms with Crippen molar-refractivity contribution in [1.29, 1.82) is 0 Å². The van der Waals surface area contributed by atoms with Gasteiger partial charge in [-0.25, -0.2) is 4.79 Å². The van der Waals surface area contributed by atoms with Crippen molar-refractivity contribution < 1.29 is 4.79 Å². The van der Waals surface area contributed by atoms with E-state index in [0.29, 0.717) is 13.1 Å². The Morgan fingerprint density at radius 3 is 2.38 bits per heavy atom. The molecule has 3 rings (SSSR count). The van der Waals surface area contributed by atoms with Crippen molar-refractivity contribution in [2.75, 3.05) is 13.1 Å². The first-order valence-electron chi connectivity index (χ1n) is 8.04. The molecule has 124 valence electrons. The number of aromatic nitrogens is 1. The zero-order valence-electron chi connectivity index (χ0n) is 13.3. The molecule has 1 heterocycles. The topological polar surface area (TPSA) is 56.9 Å². The molecule has 2 amide bonds. The molecule has 0 unspecified atom stereocenters. The van der Waals surface area contributed by atoms with E-state index in [1.165, 1.54) is 10.9 Å². The predicted molar refractivity (Wildman–Crippen MR) is 98.6 cm³/mol. The minimum atomic E-state index is -0.151. The van der Waals surface area contributed by atoms with E-state index in [2.05, 4.69) is 21.7 Å². The van der Waals surface area contributed by atoms with Crippen LogP contribution in [0.3, 0.4) is 0 Å². The van der Waals surface area contributed by atoms with Gasteiger partial charge < -0.3 is 15.6 Å². The molecule has 3 aromatic rings. The zero-order chi connectivity index (χ0) is 16.8. The summed E-state index contributed by atoms with van der Waals surface area (Å²) in [6.07, 6.45) is 3.51. The summed E-state index contributed by atoms with van der Waals surface area (Å²) >= 11 is 6.10. The Balaban J connectivity index is 1.41. The SMILES string of the molecule is O=C(NCCc1ccccc1Cl)NCCc1c[nH]c2ccccc12. The molecule has 0 fully saturated rings. The van der Waals surface area contributed by atoms with Crippen LogP contribution in [0.2, 0.25) is 5.02 Å². The van der Waals surface area contributed by atoms with Crippen LogP contribution in [0.5, 0.6) is 0 Å². The summed E-state index contributed by atoms with van der Waals surface area (Å²) in [6, 6.07) is 15.7. The number of halogens is 1. The fraction of sp³-hybridized carbons (Fsp3) is 0.211. The van der Waals surface area contributed by atoms with Crippen molar-refractivity contribution in [3.63, 3.8) is 0 Å². The van der Waals surface area contributed by atoms with Gasteiger partial charge in [-0.3, -0.25) is 0 Å². The van der Waals surface area contributed by atoms with E-state index in [9.17, 15) is 4.79 Å². The Kier molecular flexibility index (Phi) is 5.39. The Labute approximate surface area is 146 Å². The highest BCUT2D eigenvalue weighted by atomic mass is 35.5. The summed E-state index contributed by atoms with van der Waals surface area (Å²) < 4.78 is 0. The highest BCUT2D eigenvalue weighted by molar-refractivity contribution is 6.31. The third-order valence-corrected chi connectivity index (χ3v) is 4.36. The van der Waals surface area contributed by atoms with E-state index in [1.54, 1.807) is 0 Å². The minimum Gasteiger partial charge on any atom is -0.361 e. The summed E-state index contributed by atoms with van der Waals surface area (Å²) in [5.41, 5.74) is 3.37. The van der Waals surface area contributed by atoms with E-state index < -0.39 is 0 Å². The van der Waals surface area contributed by atoms with Crippen LogP contribution in [-0.4, -0.2) is 24.1 Å². The number of amides is 2. The van der Waals surface area contributed by atoms with Crippen molar-refractivity contribution in [3.8, 4) is 0 Å². The lowest BCUT2D eigenvalue weighted by Crippen LogP contribution is -2.37. The summed E-state index contributed by atoms with van der Waals surface area (Å²) in [6.45, 7) is 1.16. The van der Waals surface area contributed by atoms with Gasteiger partial charge in [0.05, 0.1) is 0 Å². The van der Waals surface area contributed by atoms with Gasteiger partial charge in [-0.15, -0.1) is 0 Å². The van der Waals surface area contributed by atoms with Gasteiger partial charge in [0, 0.05) is 35.2 Å². The minimum absolute atomic E-state index is 0.151. The van der Waals surface area contributed by atoms with E-state index in [4.69, 9.17) is 11.6 Å². The molecule has 3 N–H and O–H groups in total. The van der Waals surface area contributed by atoms with Crippen molar-refractivity contribution in [2.24, 2.45) is 0 Å². The number of fused-ring (bicyclic) bond motifs is 1. The molecule has 2 aromatic carbocycles. The number of hydrogen-bond donors (Lipinski definition) is 3. The Bertz CT molecular complexity index is 828. The number of aromatic amines is 1. The first-order valence-corrected chi connectivity index (χ1v) is 8.42. The van der Waals surface area contributed by atoms with E-state index >= 15 is 0 Å². The molecule has 0 saturated carbocycles. The van der Waals surface area contributed by atoms with Crippen LogP contribution in [-0.2, 0) is 12.8 Å². The number of carbonyl (C=O) groups excluding carboxylic acids is 1. The second-order valence-corrected chi connectivity index (χ2v) is 6.04. The molecule has 0 saturated heterocycles. The third-order valence-electron chi connectivity index (χ3n) is 3.99. The second-order valence-electron chi connectivity index (χ2n) is 5.63. The normalized spacial score (nSPS) is 10.7. The van der Waals surface area contributed by atoms with Crippen LogP contribution >= 0.6 is 11.6 Å². The van der Waals surface area contributed by atoms with E-state index in [-0.39, 0.29) is 6.03 Å².